The minimum atomic E-state index is -2.58. The van der Waals surface area contributed by atoms with Crippen LogP contribution in [0.2, 0.25) is 18.1 Å². The van der Waals surface area contributed by atoms with Crippen molar-refractivity contribution in [3.05, 3.63) is 105 Å². The van der Waals surface area contributed by atoms with Crippen LogP contribution in [-0.4, -0.2) is 59.4 Å². The lowest BCUT2D eigenvalue weighted by molar-refractivity contribution is -0.0557. The van der Waals surface area contributed by atoms with Gasteiger partial charge in [0.15, 0.2) is 20.6 Å². The Bertz CT molecular complexity index is 1480. The van der Waals surface area contributed by atoms with Gasteiger partial charge in [-0.2, -0.15) is 4.57 Å². The van der Waals surface area contributed by atoms with Gasteiger partial charge in [0.25, 0.3) is 11.5 Å². The number of hydrogen-bond donors (Lipinski definition) is 1. The summed E-state index contributed by atoms with van der Waals surface area (Å²) in [7, 11) is -2.58. The molecular weight excluding hydrogens is 532 g/mol. The fourth-order valence-corrected chi connectivity index (χ4v) is 5.50. The Morgan fingerprint density at radius 3 is 2.05 bits per heavy atom. The smallest absolute Gasteiger partial charge is 0.340 e. The van der Waals surface area contributed by atoms with Crippen LogP contribution in [-0.2, 0) is 13.9 Å². The number of aromatic nitrogens is 2. The third kappa shape index (κ3) is 5.78. The van der Waals surface area contributed by atoms with Gasteiger partial charge in [0, 0.05) is 17.8 Å². The van der Waals surface area contributed by atoms with E-state index in [-0.39, 0.29) is 10.6 Å². The van der Waals surface area contributed by atoms with E-state index >= 15 is 0 Å². The second-order valence-electron chi connectivity index (χ2n) is 11.2. The molecule has 2 heterocycles. The van der Waals surface area contributed by atoms with Gasteiger partial charge in [0.1, 0.15) is 12.2 Å². The summed E-state index contributed by atoms with van der Waals surface area (Å²) in [5.74, 6) is -1.44. The molecule has 0 bridgehead atoms. The van der Waals surface area contributed by atoms with Crippen LogP contribution in [0, 0.1) is 0 Å². The average molecular weight is 567 g/mol. The third-order valence-electron chi connectivity index (χ3n) is 7.46. The molecule has 2 aromatic carbocycles. The highest BCUT2D eigenvalue weighted by atomic mass is 28.4. The summed E-state index contributed by atoms with van der Waals surface area (Å²) in [6.45, 7) is 9.55. The molecule has 0 amide bonds. The van der Waals surface area contributed by atoms with Crippen LogP contribution < -0.4 is 11.2 Å². The molecule has 3 aromatic rings. The molecule has 1 N–H and O–H groups in total. The van der Waals surface area contributed by atoms with Gasteiger partial charge in [-0.05, 0) is 42.4 Å². The molecule has 40 heavy (non-hydrogen) atoms. The van der Waals surface area contributed by atoms with E-state index in [2.05, 4.69) is 0 Å². The number of carbonyl (C=O) groups excluding carboxylic acids is 2. The van der Waals surface area contributed by atoms with E-state index in [0.29, 0.717) is 10.1 Å². The summed E-state index contributed by atoms with van der Waals surface area (Å²) < 4.78 is 20.2. The molecule has 1 saturated heterocycles. The van der Waals surface area contributed by atoms with Crippen LogP contribution in [0.5, 0.6) is 0 Å². The van der Waals surface area contributed by atoms with Crippen LogP contribution in [0.15, 0.2) is 82.5 Å². The van der Waals surface area contributed by atoms with E-state index in [9.17, 15) is 24.3 Å². The monoisotopic (exact) mass is 566 g/mol. The van der Waals surface area contributed by atoms with Gasteiger partial charge in [-0.25, -0.2) is 9.59 Å². The van der Waals surface area contributed by atoms with Gasteiger partial charge in [-0.3, -0.25) is 14.2 Å². The van der Waals surface area contributed by atoms with Crippen molar-refractivity contribution >= 4 is 20.2 Å². The Labute approximate surface area is 232 Å². The molecule has 1 aromatic heterocycles. The van der Waals surface area contributed by atoms with Crippen LogP contribution in [0.4, 0.5) is 0 Å². The van der Waals surface area contributed by atoms with Crippen molar-refractivity contribution in [1.29, 1.82) is 0 Å². The number of esters is 1. The molecule has 11 heteroatoms. The second kappa shape index (κ2) is 11.5. The predicted molar refractivity (Wildman–Crippen MR) is 150 cm³/mol. The maximum Gasteiger partial charge on any atom is 0.340 e. The number of aliphatic hydroxyl groups excluding tert-OH is 1. The van der Waals surface area contributed by atoms with Crippen LogP contribution in [0.1, 0.15) is 47.7 Å². The summed E-state index contributed by atoms with van der Waals surface area (Å²) in [4.78, 5) is 52.6. The highest BCUT2D eigenvalue weighted by molar-refractivity contribution is 6.74. The minimum Gasteiger partial charge on any atom is -0.453 e. The highest BCUT2D eigenvalue weighted by Gasteiger charge is 2.53. The van der Waals surface area contributed by atoms with E-state index < -0.39 is 62.6 Å². The number of rotatable bonds is 7. The predicted octanol–water partition coefficient (Wildman–Crippen LogP) is 3.20. The van der Waals surface area contributed by atoms with Gasteiger partial charge >= 0.3 is 11.7 Å². The van der Waals surface area contributed by atoms with Crippen molar-refractivity contribution in [2.75, 3.05) is 6.61 Å². The van der Waals surface area contributed by atoms with Gasteiger partial charge in [-0.1, -0.05) is 57.2 Å². The van der Waals surface area contributed by atoms with Crippen LogP contribution in [0.25, 0.3) is 0 Å². The molecule has 1 aliphatic rings. The van der Waals surface area contributed by atoms with Gasteiger partial charge in [0.05, 0.1) is 12.2 Å². The van der Waals surface area contributed by atoms with E-state index in [1.165, 1.54) is 18.3 Å². The first-order valence-corrected chi connectivity index (χ1v) is 15.9. The van der Waals surface area contributed by atoms with Crippen LogP contribution >= 0.6 is 0 Å². The highest BCUT2D eigenvalue weighted by Crippen LogP contribution is 2.42. The van der Waals surface area contributed by atoms with E-state index in [1.54, 1.807) is 48.5 Å². The molecule has 212 valence electrons. The lowest BCUT2D eigenvalue weighted by Crippen LogP contribution is -2.51. The average Bonchev–Trinajstić information content (AvgIpc) is 3.24. The molecule has 0 radical (unpaired) electrons. The van der Waals surface area contributed by atoms with Gasteiger partial charge in [-0.15, -0.1) is 0 Å². The lowest BCUT2D eigenvalue weighted by atomic mass is 10.1. The van der Waals surface area contributed by atoms with Crippen molar-refractivity contribution in [3.63, 3.8) is 0 Å². The topological polar surface area (TPSA) is 126 Å². The van der Waals surface area contributed by atoms with E-state index in [4.69, 9.17) is 13.9 Å². The molecule has 0 aliphatic carbocycles. The van der Waals surface area contributed by atoms with Crippen molar-refractivity contribution in [2.24, 2.45) is 0 Å². The molecule has 1 aliphatic heterocycles. The number of carbonyl (C=O) groups is 2. The molecule has 10 nitrogen and oxygen atoms in total. The van der Waals surface area contributed by atoms with Crippen molar-refractivity contribution in [3.8, 4) is 0 Å². The minimum absolute atomic E-state index is 0.156. The summed E-state index contributed by atoms with van der Waals surface area (Å²) in [5, 5.41) is 9.94. The number of ether oxygens (including phenoxy) is 2. The van der Waals surface area contributed by atoms with Crippen LogP contribution in [0.3, 0.4) is 0 Å². The zero-order valence-corrected chi connectivity index (χ0v) is 24.1. The fourth-order valence-electron chi connectivity index (χ4n) is 4.21. The molecular formula is C29H34N2O8Si. The zero-order valence-electron chi connectivity index (χ0n) is 23.1. The zero-order chi connectivity index (χ0) is 29.2. The fraction of sp³-hybridized carbons (Fsp3) is 0.379. The molecule has 1 fully saturated rings. The Morgan fingerprint density at radius 2 is 1.50 bits per heavy atom. The Hall–Kier alpha value is -3.64. The second-order valence-corrected chi connectivity index (χ2v) is 15.9. The van der Waals surface area contributed by atoms with E-state index in [0.717, 1.165) is 10.6 Å². The first-order valence-electron chi connectivity index (χ1n) is 13.0. The third-order valence-corrected chi connectivity index (χ3v) is 11.9. The lowest BCUT2D eigenvalue weighted by Gasteiger charge is -2.40. The van der Waals surface area contributed by atoms with Crippen molar-refractivity contribution < 1.29 is 28.6 Å². The van der Waals surface area contributed by atoms with E-state index in [1.807, 2.05) is 33.9 Å². The maximum atomic E-state index is 13.7. The SMILES string of the molecule is CC(C)(C)[Si](C)(C)O[C@@H]1[C@H](OC(=O)c2ccccc2)[C@@H](CO)O[C@H]1n1ccc(=O)n(C(=O)c2ccccc2)c1=O. The summed E-state index contributed by atoms with van der Waals surface area (Å²) >= 11 is 0. The first kappa shape index (κ1) is 29.3. The normalized spacial score (nSPS) is 21.2. The quantitative estimate of drug-likeness (QED) is 0.341. The molecule has 4 rings (SSSR count). The summed E-state index contributed by atoms with van der Waals surface area (Å²) in [6.07, 6.45) is -3.13. The summed E-state index contributed by atoms with van der Waals surface area (Å²) in [5.41, 5.74) is -1.29. The Balaban J connectivity index is 1.80. The van der Waals surface area contributed by atoms with Crippen molar-refractivity contribution in [2.45, 2.75) is 63.4 Å². The Kier molecular flexibility index (Phi) is 8.40. The molecule has 4 atom stereocenters. The van der Waals surface area contributed by atoms with Gasteiger partial charge < -0.3 is 19.0 Å². The standard InChI is InChI=1S/C29H34N2O8Si/c1-29(2,3)40(4,5)39-24-23(38-27(35)20-14-10-7-11-15-20)21(18-32)37-26(24)30-17-16-22(33)31(28(30)36)25(34)19-12-8-6-9-13-19/h6-17,21,23-24,26,32H,18H2,1-5H3/t21-,23-,24-,26-/m1/s1. The molecule has 0 saturated carbocycles. The number of benzene rings is 2. The number of aliphatic hydroxyl groups is 1. The molecule has 0 unspecified atom stereocenters. The largest absolute Gasteiger partial charge is 0.453 e. The number of hydrogen-bond acceptors (Lipinski definition) is 8. The summed E-state index contributed by atoms with van der Waals surface area (Å²) in [6, 6.07) is 17.4. The molecule has 0 spiro atoms. The Morgan fingerprint density at radius 1 is 0.925 bits per heavy atom. The van der Waals surface area contributed by atoms with Gasteiger partial charge in [0.2, 0.25) is 0 Å². The number of nitrogens with zero attached hydrogens (tertiary/aromatic N) is 2. The van der Waals surface area contributed by atoms with Crippen molar-refractivity contribution in [1.82, 2.24) is 9.13 Å². The first-order chi connectivity index (χ1) is 18.9. The maximum absolute atomic E-state index is 13.7.